The number of thiazole rings is 1. The Morgan fingerprint density at radius 2 is 2.00 bits per heavy atom. The van der Waals surface area contributed by atoms with Gasteiger partial charge >= 0.3 is 0 Å². The van der Waals surface area contributed by atoms with Gasteiger partial charge in [0.1, 0.15) is 5.75 Å². The molecule has 1 atom stereocenters. The summed E-state index contributed by atoms with van der Waals surface area (Å²) in [5, 5.41) is 0.698. The van der Waals surface area contributed by atoms with Gasteiger partial charge in [0.2, 0.25) is 0 Å². The highest BCUT2D eigenvalue weighted by molar-refractivity contribution is 7.22. The summed E-state index contributed by atoms with van der Waals surface area (Å²) in [5.41, 5.74) is 2.79. The minimum Gasteiger partial charge on any atom is -0.494 e. The van der Waals surface area contributed by atoms with Gasteiger partial charge in [-0.3, -0.25) is 9.69 Å². The van der Waals surface area contributed by atoms with E-state index in [0.29, 0.717) is 23.8 Å². The molecule has 1 aliphatic heterocycles. The van der Waals surface area contributed by atoms with Crippen molar-refractivity contribution in [3.8, 4) is 5.75 Å². The maximum atomic E-state index is 13.6. The van der Waals surface area contributed by atoms with Crippen LogP contribution in [0.25, 0.3) is 10.2 Å². The van der Waals surface area contributed by atoms with Crippen LogP contribution in [0.5, 0.6) is 5.75 Å². The molecule has 1 saturated heterocycles. The second-order valence-electron chi connectivity index (χ2n) is 8.94. The molecule has 1 fully saturated rings. The Bertz CT molecular complexity index is 1050. The predicted octanol–water partition coefficient (Wildman–Crippen LogP) is 5.82. The van der Waals surface area contributed by atoms with Crippen molar-refractivity contribution < 1.29 is 14.3 Å². The standard InChI is InChI=1S/C25H30N2O3S/c1-5-29-19-12-13-21-22(15-19)31-24(26-21)27(16-20-7-6-14-30-20)23(28)17-8-10-18(11-9-17)25(2,3)4/h8-13,15,20H,5-7,14,16H2,1-4H3. The smallest absolute Gasteiger partial charge is 0.260 e. The Morgan fingerprint density at radius 1 is 1.23 bits per heavy atom. The van der Waals surface area contributed by atoms with Gasteiger partial charge in [-0.25, -0.2) is 4.98 Å². The van der Waals surface area contributed by atoms with E-state index in [0.717, 1.165) is 35.4 Å². The number of carbonyl (C=O) groups excluding carboxylic acids is 1. The van der Waals surface area contributed by atoms with Crippen molar-refractivity contribution in [3.63, 3.8) is 0 Å². The molecule has 164 valence electrons. The molecule has 0 radical (unpaired) electrons. The molecule has 6 heteroatoms. The Balaban J connectivity index is 1.66. The van der Waals surface area contributed by atoms with E-state index in [2.05, 4.69) is 20.8 Å². The first kappa shape index (κ1) is 21.8. The number of aromatic nitrogens is 1. The lowest BCUT2D eigenvalue weighted by Crippen LogP contribution is -2.37. The van der Waals surface area contributed by atoms with Crippen molar-refractivity contribution in [1.29, 1.82) is 0 Å². The zero-order valence-electron chi connectivity index (χ0n) is 18.7. The fourth-order valence-electron chi connectivity index (χ4n) is 3.77. The molecule has 2 heterocycles. The minimum atomic E-state index is -0.0416. The van der Waals surface area contributed by atoms with E-state index in [-0.39, 0.29) is 17.4 Å². The summed E-state index contributed by atoms with van der Waals surface area (Å²) >= 11 is 1.52. The van der Waals surface area contributed by atoms with E-state index in [1.165, 1.54) is 16.9 Å². The van der Waals surface area contributed by atoms with Crippen molar-refractivity contribution in [2.45, 2.75) is 52.1 Å². The number of hydrogen-bond donors (Lipinski definition) is 0. The van der Waals surface area contributed by atoms with E-state index in [1.54, 1.807) is 4.90 Å². The molecule has 3 aromatic rings. The Labute approximate surface area is 188 Å². The van der Waals surface area contributed by atoms with Gasteiger partial charge in [0.15, 0.2) is 5.13 Å². The van der Waals surface area contributed by atoms with Crippen molar-refractivity contribution in [1.82, 2.24) is 4.98 Å². The van der Waals surface area contributed by atoms with Crippen molar-refractivity contribution >= 4 is 32.6 Å². The number of benzene rings is 2. The topological polar surface area (TPSA) is 51.7 Å². The molecule has 0 N–H and O–H groups in total. The second-order valence-corrected chi connectivity index (χ2v) is 9.95. The third kappa shape index (κ3) is 4.91. The fraction of sp³-hybridized carbons (Fsp3) is 0.440. The van der Waals surface area contributed by atoms with Crippen molar-refractivity contribution in [2.24, 2.45) is 0 Å². The monoisotopic (exact) mass is 438 g/mol. The van der Waals surface area contributed by atoms with Crippen LogP contribution in [-0.2, 0) is 10.2 Å². The highest BCUT2D eigenvalue weighted by Crippen LogP contribution is 2.33. The maximum absolute atomic E-state index is 13.6. The van der Waals surface area contributed by atoms with Crippen LogP contribution in [0.2, 0.25) is 0 Å². The van der Waals surface area contributed by atoms with E-state index in [1.807, 2.05) is 49.4 Å². The first-order chi connectivity index (χ1) is 14.8. The Morgan fingerprint density at radius 3 is 2.65 bits per heavy atom. The number of fused-ring (bicyclic) bond motifs is 1. The zero-order valence-corrected chi connectivity index (χ0v) is 19.5. The lowest BCUT2D eigenvalue weighted by atomic mass is 9.86. The molecule has 1 aliphatic rings. The number of amides is 1. The SMILES string of the molecule is CCOc1ccc2nc(N(CC3CCCO3)C(=O)c3ccc(C(C)(C)C)cc3)sc2c1. The van der Waals surface area contributed by atoms with Crippen LogP contribution in [0.4, 0.5) is 5.13 Å². The first-order valence-corrected chi connectivity index (χ1v) is 11.7. The number of anilines is 1. The molecule has 0 saturated carbocycles. The molecule has 1 unspecified atom stereocenters. The largest absolute Gasteiger partial charge is 0.494 e. The molecule has 2 aromatic carbocycles. The van der Waals surface area contributed by atoms with E-state index in [4.69, 9.17) is 14.5 Å². The number of nitrogens with zero attached hydrogens (tertiary/aromatic N) is 2. The zero-order chi connectivity index (χ0) is 22.0. The molecule has 0 aliphatic carbocycles. The summed E-state index contributed by atoms with van der Waals surface area (Å²) in [5.74, 6) is 0.778. The van der Waals surface area contributed by atoms with Gasteiger partial charge in [-0.05, 0) is 61.1 Å². The fourth-order valence-corrected chi connectivity index (χ4v) is 4.77. The van der Waals surface area contributed by atoms with Gasteiger partial charge in [0.05, 0.1) is 29.5 Å². The van der Waals surface area contributed by atoms with Gasteiger partial charge in [-0.15, -0.1) is 0 Å². The van der Waals surface area contributed by atoms with Crippen molar-refractivity contribution in [3.05, 3.63) is 53.6 Å². The average molecular weight is 439 g/mol. The van der Waals surface area contributed by atoms with Gasteiger partial charge in [-0.1, -0.05) is 44.2 Å². The number of ether oxygens (including phenoxy) is 2. The lowest BCUT2D eigenvalue weighted by Gasteiger charge is -2.24. The molecular formula is C25H30N2O3S. The Kier molecular flexibility index (Phi) is 6.30. The molecule has 5 nitrogen and oxygen atoms in total. The average Bonchev–Trinajstić information content (AvgIpc) is 3.40. The molecule has 0 bridgehead atoms. The quantitative estimate of drug-likeness (QED) is 0.487. The van der Waals surface area contributed by atoms with Gasteiger partial charge in [0.25, 0.3) is 5.91 Å². The lowest BCUT2D eigenvalue weighted by molar-refractivity contribution is 0.0917. The van der Waals surface area contributed by atoms with Crippen LogP contribution in [0.1, 0.15) is 56.5 Å². The molecular weight excluding hydrogens is 408 g/mol. The number of rotatable bonds is 6. The third-order valence-electron chi connectivity index (χ3n) is 5.54. The number of carbonyl (C=O) groups is 1. The molecule has 31 heavy (non-hydrogen) atoms. The van der Waals surface area contributed by atoms with E-state index >= 15 is 0 Å². The summed E-state index contributed by atoms with van der Waals surface area (Å²) in [4.78, 5) is 20.1. The summed E-state index contributed by atoms with van der Waals surface area (Å²) in [6.45, 7) is 10.4. The normalized spacial score (nSPS) is 16.6. The maximum Gasteiger partial charge on any atom is 0.260 e. The minimum absolute atomic E-state index is 0.0416. The molecule has 0 spiro atoms. The third-order valence-corrected chi connectivity index (χ3v) is 6.58. The second kappa shape index (κ2) is 8.97. The first-order valence-electron chi connectivity index (χ1n) is 10.9. The highest BCUT2D eigenvalue weighted by Gasteiger charge is 2.27. The van der Waals surface area contributed by atoms with Crippen LogP contribution < -0.4 is 9.64 Å². The van der Waals surface area contributed by atoms with Crippen molar-refractivity contribution in [2.75, 3.05) is 24.7 Å². The van der Waals surface area contributed by atoms with Crippen LogP contribution >= 0.6 is 11.3 Å². The van der Waals surface area contributed by atoms with Gasteiger partial charge in [-0.2, -0.15) is 0 Å². The summed E-state index contributed by atoms with van der Waals surface area (Å²) in [7, 11) is 0. The molecule has 4 rings (SSSR count). The number of hydrogen-bond acceptors (Lipinski definition) is 5. The van der Waals surface area contributed by atoms with E-state index in [9.17, 15) is 4.79 Å². The van der Waals surface area contributed by atoms with Crippen LogP contribution in [0.15, 0.2) is 42.5 Å². The van der Waals surface area contributed by atoms with Gasteiger partial charge in [0, 0.05) is 12.2 Å². The van der Waals surface area contributed by atoms with Crippen LogP contribution in [0, 0.1) is 0 Å². The summed E-state index contributed by atoms with van der Waals surface area (Å²) in [6, 6.07) is 13.8. The highest BCUT2D eigenvalue weighted by atomic mass is 32.1. The van der Waals surface area contributed by atoms with Gasteiger partial charge < -0.3 is 9.47 Å². The van der Waals surface area contributed by atoms with E-state index < -0.39 is 0 Å². The Hall–Kier alpha value is -2.44. The molecule has 1 aromatic heterocycles. The summed E-state index contributed by atoms with van der Waals surface area (Å²) in [6.07, 6.45) is 2.04. The van der Waals surface area contributed by atoms with Crippen LogP contribution in [-0.4, -0.2) is 36.8 Å². The van der Waals surface area contributed by atoms with Crippen LogP contribution in [0.3, 0.4) is 0 Å². The predicted molar refractivity (Wildman–Crippen MR) is 127 cm³/mol. The summed E-state index contributed by atoms with van der Waals surface area (Å²) < 4.78 is 12.5. The molecule has 1 amide bonds.